The molecule has 2 aliphatic heterocycles. The maximum Gasteiger partial charge on any atom is 0.325 e. The van der Waals surface area contributed by atoms with E-state index in [0.717, 1.165) is 45.3 Å². The molecular weight excluding hydrogens is 253 g/mol. The van der Waals surface area contributed by atoms with Gasteiger partial charge in [0.1, 0.15) is 13.4 Å². The van der Waals surface area contributed by atoms with Gasteiger partial charge in [0.25, 0.3) is 0 Å². The van der Waals surface area contributed by atoms with Crippen LogP contribution in [0.1, 0.15) is 25.7 Å². The van der Waals surface area contributed by atoms with Crippen molar-refractivity contribution in [2.24, 2.45) is 17.6 Å². The summed E-state index contributed by atoms with van der Waals surface area (Å²) in [6.07, 6.45) is 5.49. The zero-order chi connectivity index (χ0) is 14.6. The molecule has 5 nitrogen and oxygen atoms in total. The van der Waals surface area contributed by atoms with Crippen molar-refractivity contribution in [2.45, 2.75) is 37.5 Å². The van der Waals surface area contributed by atoms with Crippen LogP contribution in [0.3, 0.4) is 0 Å². The SMILES string of the molecule is BCCC[C@H]1CN(CC2CCNCC2)C[C@@]1(N)C(=O)O. The van der Waals surface area contributed by atoms with Gasteiger partial charge in [0, 0.05) is 25.6 Å². The van der Waals surface area contributed by atoms with Crippen LogP contribution in [0.25, 0.3) is 0 Å². The van der Waals surface area contributed by atoms with Gasteiger partial charge in [-0.15, -0.1) is 0 Å². The Morgan fingerprint density at radius 3 is 2.75 bits per heavy atom. The van der Waals surface area contributed by atoms with Crippen molar-refractivity contribution in [1.29, 1.82) is 0 Å². The first-order valence-electron chi connectivity index (χ1n) is 8.01. The van der Waals surface area contributed by atoms with Crippen molar-refractivity contribution in [2.75, 3.05) is 32.7 Å². The van der Waals surface area contributed by atoms with Crippen molar-refractivity contribution < 1.29 is 9.90 Å². The third-order valence-corrected chi connectivity index (χ3v) is 4.97. The molecular formula is C14H28BN3O2. The van der Waals surface area contributed by atoms with Crippen LogP contribution in [-0.4, -0.2) is 62.1 Å². The number of carboxylic acid groups (broad SMARTS) is 1. The van der Waals surface area contributed by atoms with Crippen LogP contribution in [0.5, 0.6) is 0 Å². The number of hydrogen-bond acceptors (Lipinski definition) is 4. The van der Waals surface area contributed by atoms with Crippen LogP contribution in [-0.2, 0) is 4.79 Å². The van der Waals surface area contributed by atoms with E-state index in [1.807, 2.05) is 0 Å². The Balaban J connectivity index is 1.94. The predicted molar refractivity (Wildman–Crippen MR) is 82.7 cm³/mol. The molecule has 6 heteroatoms. The predicted octanol–water partition coefficient (Wildman–Crippen LogP) is -0.468. The summed E-state index contributed by atoms with van der Waals surface area (Å²) in [6, 6.07) is 0. The molecule has 0 aromatic heterocycles. The number of nitrogens with two attached hydrogens (primary N) is 1. The van der Waals surface area contributed by atoms with Gasteiger partial charge in [-0.3, -0.25) is 4.79 Å². The molecule has 20 heavy (non-hydrogen) atoms. The summed E-state index contributed by atoms with van der Waals surface area (Å²) < 4.78 is 0. The molecule has 0 aromatic carbocycles. The maximum atomic E-state index is 11.6. The van der Waals surface area contributed by atoms with Gasteiger partial charge < -0.3 is 21.1 Å². The highest BCUT2D eigenvalue weighted by Crippen LogP contribution is 2.31. The van der Waals surface area contributed by atoms with Crippen LogP contribution in [0.2, 0.25) is 6.32 Å². The van der Waals surface area contributed by atoms with Crippen molar-refractivity contribution in [3.05, 3.63) is 0 Å². The van der Waals surface area contributed by atoms with Gasteiger partial charge in [-0.1, -0.05) is 12.7 Å². The molecule has 0 amide bonds. The lowest BCUT2D eigenvalue weighted by Crippen LogP contribution is -2.55. The van der Waals surface area contributed by atoms with Crippen LogP contribution < -0.4 is 11.1 Å². The summed E-state index contributed by atoms with van der Waals surface area (Å²) in [5, 5.41) is 12.9. The van der Waals surface area contributed by atoms with Crippen LogP contribution in [0.4, 0.5) is 0 Å². The standard InChI is InChI=1S/C14H28BN3O2/c15-5-1-2-12-9-18(10-14(12,16)13(19)20)8-11-3-6-17-7-4-11/h11-12,17H,1-10,15-16H2,(H,19,20)/t12-,14-/m0/s1. The zero-order valence-electron chi connectivity index (χ0n) is 12.6. The van der Waals surface area contributed by atoms with Crippen molar-refractivity contribution in [3.8, 4) is 0 Å². The van der Waals surface area contributed by atoms with Gasteiger partial charge in [0.05, 0.1) is 0 Å². The van der Waals surface area contributed by atoms with E-state index in [0.29, 0.717) is 12.5 Å². The fourth-order valence-electron chi connectivity index (χ4n) is 3.65. The van der Waals surface area contributed by atoms with Crippen LogP contribution in [0.15, 0.2) is 0 Å². The Labute approximate surface area is 122 Å². The molecule has 0 saturated carbocycles. The first kappa shape index (κ1) is 15.8. The van der Waals surface area contributed by atoms with Crippen molar-refractivity contribution in [3.63, 3.8) is 0 Å². The molecule has 2 heterocycles. The van der Waals surface area contributed by atoms with Gasteiger partial charge in [-0.25, -0.2) is 0 Å². The minimum Gasteiger partial charge on any atom is -0.480 e. The number of likely N-dealkylation sites (tertiary alicyclic amines) is 1. The number of carboxylic acids is 1. The monoisotopic (exact) mass is 281 g/mol. The molecule has 2 saturated heterocycles. The lowest BCUT2D eigenvalue weighted by atomic mass is 9.83. The summed E-state index contributed by atoms with van der Waals surface area (Å²) >= 11 is 0. The normalized spacial score (nSPS) is 32.5. The average Bonchev–Trinajstić information content (AvgIpc) is 2.75. The summed E-state index contributed by atoms with van der Waals surface area (Å²) in [4.78, 5) is 13.9. The number of carbonyl (C=O) groups is 1. The number of piperidine rings is 1. The second kappa shape index (κ2) is 6.92. The third kappa shape index (κ3) is 3.54. The summed E-state index contributed by atoms with van der Waals surface area (Å²) in [7, 11) is 2.14. The van der Waals surface area contributed by atoms with E-state index in [-0.39, 0.29) is 5.92 Å². The number of nitrogens with zero attached hydrogens (tertiary/aromatic N) is 1. The molecule has 0 aliphatic carbocycles. The Morgan fingerprint density at radius 2 is 2.15 bits per heavy atom. The van der Waals surface area contributed by atoms with Crippen molar-refractivity contribution in [1.82, 2.24) is 10.2 Å². The van der Waals surface area contributed by atoms with Gasteiger partial charge in [0.15, 0.2) is 0 Å². The molecule has 0 spiro atoms. The Morgan fingerprint density at radius 1 is 1.45 bits per heavy atom. The molecule has 0 aromatic rings. The Hall–Kier alpha value is -0.585. The third-order valence-electron chi connectivity index (χ3n) is 4.97. The zero-order valence-corrected chi connectivity index (χ0v) is 12.6. The average molecular weight is 281 g/mol. The second-order valence-corrected chi connectivity index (χ2v) is 6.57. The summed E-state index contributed by atoms with van der Waals surface area (Å²) in [5.41, 5.74) is 5.19. The quantitative estimate of drug-likeness (QED) is 0.574. The van der Waals surface area contributed by atoms with Crippen LogP contribution in [0, 0.1) is 11.8 Å². The largest absolute Gasteiger partial charge is 0.480 e. The fraction of sp³-hybridized carbons (Fsp3) is 0.929. The number of rotatable bonds is 6. The number of hydrogen-bond donors (Lipinski definition) is 3. The molecule has 2 rings (SSSR count). The minimum atomic E-state index is -1.04. The molecule has 0 bridgehead atoms. The highest BCUT2D eigenvalue weighted by molar-refractivity contribution is 6.08. The number of nitrogens with one attached hydrogen (secondary N) is 1. The minimum absolute atomic E-state index is 0.0988. The summed E-state index contributed by atoms with van der Waals surface area (Å²) in [5.74, 6) is -0.0349. The van der Waals surface area contributed by atoms with Gasteiger partial charge >= 0.3 is 5.97 Å². The van der Waals surface area contributed by atoms with E-state index < -0.39 is 11.5 Å². The van der Waals surface area contributed by atoms with Gasteiger partial charge in [-0.05, 0) is 38.3 Å². The smallest absolute Gasteiger partial charge is 0.325 e. The molecule has 2 atom stereocenters. The fourth-order valence-corrected chi connectivity index (χ4v) is 3.65. The topological polar surface area (TPSA) is 78.6 Å². The van der Waals surface area contributed by atoms with E-state index >= 15 is 0 Å². The molecule has 2 aliphatic rings. The molecule has 0 radical (unpaired) electrons. The van der Waals surface area contributed by atoms with Gasteiger partial charge in [0.2, 0.25) is 0 Å². The van der Waals surface area contributed by atoms with E-state index in [1.165, 1.54) is 12.8 Å². The second-order valence-electron chi connectivity index (χ2n) is 6.57. The first-order chi connectivity index (χ1) is 9.56. The lowest BCUT2D eigenvalue weighted by Gasteiger charge is -2.28. The van der Waals surface area contributed by atoms with E-state index in [1.54, 1.807) is 0 Å². The van der Waals surface area contributed by atoms with Crippen molar-refractivity contribution >= 4 is 13.8 Å². The highest BCUT2D eigenvalue weighted by atomic mass is 16.4. The van der Waals surface area contributed by atoms with E-state index in [2.05, 4.69) is 18.1 Å². The first-order valence-corrected chi connectivity index (χ1v) is 8.01. The summed E-state index contributed by atoms with van der Waals surface area (Å²) in [6.45, 7) is 4.55. The van der Waals surface area contributed by atoms with Gasteiger partial charge in [-0.2, -0.15) is 0 Å². The van der Waals surface area contributed by atoms with E-state index in [4.69, 9.17) is 5.73 Å². The molecule has 4 N–H and O–H groups in total. The Bertz CT molecular complexity index is 336. The highest BCUT2D eigenvalue weighted by Gasteiger charge is 2.49. The Kier molecular flexibility index (Phi) is 5.46. The molecule has 114 valence electrons. The lowest BCUT2D eigenvalue weighted by molar-refractivity contribution is -0.144. The molecule has 2 fully saturated rings. The maximum absolute atomic E-state index is 11.6. The number of aliphatic carboxylic acids is 1. The van der Waals surface area contributed by atoms with Crippen LogP contribution >= 0.6 is 0 Å². The molecule has 0 unspecified atom stereocenters. The van der Waals surface area contributed by atoms with E-state index in [9.17, 15) is 9.90 Å².